The third-order valence-electron chi connectivity index (χ3n) is 4.03. The van der Waals surface area contributed by atoms with E-state index in [2.05, 4.69) is 35.6 Å². The van der Waals surface area contributed by atoms with Crippen molar-refractivity contribution in [3.63, 3.8) is 0 Å². The molecule has 1 aromatic rings. The van der Waals surface area contributed by atoms with E-state index < -0.39 is 0 Å². The van der Waals surface area contributed by atoms with Crippen molar-refractivity contribution in [2.45, 2.75) is 65.0 Å². The molecule has 1 saturated carbocycles. The van der Waals surface area contributed by atoms with E-state index in [9.17, 15) is 0 Å². The summed E-state index contributed by atoms with van der Waals surface area (Å²) in [6.07, 6.45) is 8.56. The molecule has 3 heteroatoms. The van der Waals surface area contributed by atoms with Gasteiger partial charge in [-0.15, -0.1) is 0 Å². The van der Waals surface area contributed by atoms with Gasteiger partial charge in [-0.25, -0.2) is 4.98 Å². The summed E-state index contributed by atoms with van der Waals surface area (Å²) >= 11 is 0. The van der Waals surface area contributed by atoms with Crippen LogP contribution in [0.4, 0.5) is 0 Å². The number of nitrogens with zero attached hydrogens (tertiary/aromatic N) is 2. The topological polar surface area (TPSA) is 29.9 Å². The molecular weight excluding hydrogens is 210 g/mol. The molecule has 0 amide bonds. The smallest absolute Gasteiger partial charge is 0.0954 e. The van der Waals surface area contributed by atoms with E-state index in [1.807, 2.05) is 6.33 Å². The zero-order valence-corrected chi connectivity index (χ0v) is 11.4. The maximum atomic E-state index is 4.44. The summed E-state index contributed by atoms with van der Waals surface area (Å²) in [4.78, 5) is 4.44. The molecule has 1 aliphatic carbocycles. The van der Waals surface area contributed by atoms with Gasteiger partial charge in [0.25, 0.3) is 0 Å². The number of aromatic nitrogens is 2. The number of rotatable bonds is 4. The second-order valence-electron chi connectivity index (χ2n) is 5.24. The highest BCUT2D eigenvalue weighted by atomic mass is 15.1. The van der Waals surface area contributed by atoms with Crippen molar-refractivity contribution in [3.8, 4) is 0 Å². The maximum absolute atomic E-state index is 4.44. The first-order valence-corrected chi connectivity index (χ1v) is 6.97. The zero-order chi connectivity index (χ0) is 12.3. The highest BCUT2D eigenvalue weighted by Gasteiger charge is 2.26. The standard InChI is InChI=1S/C14H25N3/c1-4-9-15-13-7-5-6-8-14(13)17-10-16-11(2)12(17)3/h10,13-15H,4-9H2,1-3H3. The van der Waals surface area contributed by atoms with Crippen LogP contribution in [0, 0.1) is 13.8 Å². The first kappa shape index (κ1) is 12.6. The quantitative estimate of drug-likeness (QED) is 0.869. The SMILES string of the molecule is CCCNC1CCCCC1n1cnc(C)c1C. The van der Waals surface area contributed by atoms with Crippen LogP contribution in [-0.4, -0.2) is 22.1 Å². The van der Waals surface area contributed by atoms with Crippen LogP contribution in [0.2, 0.25) is 0 Å². The van der Waals surface area contributed by atoms with Crippen LogP contribution >= 0.6 is 0 Å². The van der Waals surface area contributed by atoms with Crippen molar-refractivity contribution < 1.29 is 0 Å². The van der Waals surface area contributed by atoms with Gasteiger partial charge >= 0.3 is 0 Å². The number of hydrogen-bond donors (Lipinski definition) is 1. The van der Waals surface area contributed by atoms with Gasteiger partial charge in [0.2, 0.25) is 0 Å². The minimum Gasteiger partial charge on any atom is -0.330 e. The van der Waals surface area contributed by atoms with Gasteiger partial charge in [-0.2, -0.15) is 0 Å². The Bertz CT molecular complexity index is 356. The van der Waals surface area contributed by atoms with Gasteiger partial charge in [0.1, 0.15) is 0 Å². The number of nitrogens with one attached hydrogen (secondary N) is 1. The van der Waals surface area contributed by atoms with Gasteiger partial charge in [0.05, 0.1) is 18.1 Å². The van der Waals surface area contributed by atoms with Gasteiger partial charge in [-0.1, -0.05) is 19.8 Å². The van der Waals surface area contributed by atoms with Gasteiger partial charge in [-0.05, 0) is 39.7 Å². The van der Waals surface area contributed by atoms with E-state index >= 15 is 0 Å². The summed E-state index contributed by atoms with van der Waals surface area (Å²) in [6, 6.07) is 1.24. The fraction of sp³-hybridized carbons (Fsp3) is 0.786. The number of imidazole rings is 1. The largest absolute Gasteiger partial charge is 0.330 e. The van der Waals surface area contributed by atoms with E-state index in [-0.39, 0.29) is 0 Å². The molecule has 0 radical (unpaired) electrons. The Balaban J connectivity index is 2.13. The lowest BCUT2D eigenvalue weighted by atomic mass is 9.90. The molecule has 2 rings (SSSR count). The summed E-state index contributed by atoms with van der Waals surface area (Å²) in [5.74, 6) is 0. The van der Waals surface area contributed by atoms with Gasteiger partial charge in [-0.3, -0.25) is 0 Å². The average molecular weight is 235 g/mol. The van der Waals surface area contributed by atoms with E-state index in [4.69, 9.17) is 0 Å². The van der Waals surface area contributed by atoms with Gasteiger partial charge < -0.3 is 9.88 Å². The van der Waals surface area contributed by atoms with Crippen molar-refractivity contribution in [3.05, 3.63) is 17.7 Å². The van der Waals surface area contributed by atoms with Crippen LogP contribution in [0.15, 0.2) is 6.33 Å². The summed E-state index contributed by atoms with van der Waals surface area (Å²) in [5, 5.41) is 3.71. The minimum atomic E-state index is 0.608. The molecule has 96 valence electrons. The average Bonchev–Trinajstić information content (AvgIpc) is 2.68. The molecule has 2 atom stereocenters. The molecule has 0 bridgehead atoms. The number of hydrogen-bond acceptors (Lipinski definition) is 2. The lowest BCUT2D eigenvalue weighted by Crippen LogP contribution is -2.40. The van der Waals surface area contributed by atoms with Crippen molar-refractivity contribution in [1.29, 1.82) is 0 Å². The van der Waals surface area contributed by atoms with Crippen LogP contribution in [-0.2, 0) is 0 Å². The third kappa shape index (κ3) is 2.71. The molecule has 1 aromatic heterocycles. The molecule has 3 nitrogen and oxygen atoms in total. The van der Waals surface area contributed by atoms with E-state index in [0.717, 1.165) is 6.54 Å². The molecule has 2 unspecified atom stereocenters. The predicted molar refractivity (Wildman–Crippen MR) is 71.3 cm³/mol. The van der Waals surface area contributed by atoms with Crippen LogP contribution < -0.4 is 5.32 Å². The Kier molecular flexibility index (Phi) is 4.21. The lowest BCUT2D eigenvalue weighted by molar-refractivity contribution is 0.260. The highest BCUT2D eigenvalue weighted by Crippen LogP contribution is 2.30. The van der Waals surface area contributed by atoms with Crippen LogP contribution in [0.1, 0.15) is 56.5 Å². The highest BCUT2D eigenvalue weighted by molar-refractivity contribution is 5.11. The molecule has 1 N–H and O–H groups in total. The third-order valence-corrected chi connectivity index (χ3v) is 4.03. The van der Waals surface area contributed by atoms with Crippen molar-refractivity contribution in [2.75, 3.05) is 6.54 Å². The monoisotopic (exact) mass is 235 g/mol. The fourth-order valence-electron chi connectivity index (χ4n) is 2.86. The van der Waals surface area contributed by atoms with Crippen molar-refractivity contribution >= 4 is 0 Å². The van der Waals surface area contributed by atoms with Crippen molar-refractivity contribution in [2.24, 2.45) is 0 Å². The molecule has 0 aliphatic heterocycles. The number of aryl methyl sites for hydroxylation is 1. The van der Waals surface area contributed by atoms with E-state index in [1.165, 1.54) is 43.5 Å². The van der Waals surface area contributed by atoms with Gasteiger partial charge in [0, 0.05) is 11.7 Å². The normalized spacial score (nSPS) is 25.1. The Labute approximate surface area is 105 Å². The molecule has 0 aromatic carbocycles. The molecule has 1 heterocycles. The summed E-state index contributed by atoms with van der Waals surface area (Å²) in [5.41, 5.74) is 2.50. The summed E-state index contributed by atoms with van der Waals surface area (Å²) < 4.78 is 2.39. The molecule has 1 aliphatic rings. The Hall–Kier alpha value is -0.830. The van der Waals surface area contributed by atoms with Crippen molar-refractivity contribution in [1.82, 2.24) is 14.9 Å². The Morgan fingerprint density at radius 1 is 1.35 bits per heavy atom. The van der Waals surface area contributed by atoms with Gasteiger partial charge in [0.15, 0.2) is 0 Å². The predicted octanol–water partition coefficient (Wildman–Crippen LogP) is 2.98. The molecule has 0 spiro atoms. The second-order valence-corrected chi connectivity index (χ2v) is 5.24. The molecule has 1 fully saturated rings. The van der Waals surface area contributed by atoms with Crippen LogP contribution in [0.5, 0.6) is 0 Å². The maximum Gasteiger partial charge on any atom is 0.0954 e. The minimum absolute atomic E-state index is 0.608. The van der Waals surface area contributed by atoms with Crippen LogP contribution in [0.3, 0.4) is 0 Å². The zero-order valence-electron chi connectivity index (χ0n) is 11.4. The van der Waals surface area contributed by atoms with E-state index in [1.54, 1.807) is 0 Å². The fourth-order valence-corrected chi connectivity index (χ4v) is 2.86. The van der Waals surface area contributed by atoms with Crippen LogP contribution in [0.25, 0.3) is 0 Å². The Morgan fingerprint density at radius 3 is 2.76 bits per heavy atom. The first-order valence-electron chi connectivity index (χ1n) is 6.97. The van der Waals surface area contributed by atoms with E-state index in [0.29, 0.717) is 12.1 Å². The molecule has 0 saturated heterocycles. The lowest BCUT2D eigenvalue weighted by Gasteiger charge is -2.34. The second kappa shape index (κ2) is 5.67. The molecule has 17 heavy (non-hydrogen) atoms. The summed E-state index contributed by atoms with van der Waals surface area (Å²) in [7, 11) is 0. The summed E-state index contributed by atoms with van der Waals surface area (Å²) in [6.45, 7) is 7.66. The first-order chi connectivity index (χ1) is 8.24. The Morgan fingerprint density at radius 2 is 2.12 bits per heavy atom. The molecular formula is C14H25N3.